The lowest BCUT2D eigenvalue weighted by Crippen LogP contribution is -2.60. The Hall–Kier alpha value is -1.15. The largest absolute Gasteiger partial charge is 0.394 e. The molecule has 11 heteroatoms. The van der Waals surface area contributed by atoms with Crippen LogP contribution in [0.25, 0.3) is 0 Å². The van der Waals surface area contributed by atoms with Gasteiger partial charge in [0.25, 0.3) is 0 Å². The maximum absolute atomic E-state index is 13.1. The van der Waals surface area contributed by atoms with Crippen LogP contribution in [0.5, 0.6) is 0 Å². The van der Waals surface area contributed by atoms with Crippen LogP contribution in [-0.2, 0) is 14.3 Å². The fraction of sp³-hybridized carbons (Fsp3) is 0.943. The Labute approximate surface area is 392 Å². The molecule has 1 rings (SSSR count). The van der Waals surface area contributed by atoms with Crippen LogP contribution >= 0.6 is 0 Å². The first kappa shape index (κ1) is 60.9. The number of nitrogens with one attached hydrogen (secondary N) is 1. The minimum Gasteiger partial charge on any atom is -0.394 e. The molecule has 0 bridgehead atoms. The van der Waals surface area contributed by atoms with Gasteiger partial charge in [-0.15, -0.1) is 0 Å². The van der Waals surface area contributed by atoms with Crippen LogP contribution in [0.4, 0.5) is 0 Å². The quantitative estimate of drug-likeness (QED) is 0.0216. The smallest absolute Gasteiger partial charge is 0.249 e. The highest BCUT2D eigenvalue weighted by molar-refractivity contribution is 5.80. The van der Waals surface area contributed by atoms with Gasteiger partial charge in [0.05, 0.1) is 25.4 Å². The summed E-state index contributed by atoms with van der Waals surface area (Å²) in [6.07, 6.45) is 36.8. The Morgan fingerprint density at radius 3 is 1.31 bits per heavy atom. The standard InChI is InChI=1S/C53H103NO10/c1-3-5-7-9-11-13-15-17-19-21-22-23-24-25-27-28-30-32-34-36-38-40-45(56)48(58)44(43-63-53-51(61)50(60)49(59)47(42-55)64-53)54-52(62)46(57)41-39-37-35-33-31-29-26-20-18-16-14-12-10-8-6-4-2/h18,20,44-51,53,55-61H,3-17,19,21-43H2,1-2H3,(H,54,62)/b20-18-. The molecule has 0 aliphatic carbocycles. The Balaban J connectivity index is 2.35. The fourth-order valence-electron chi connectivity index (χ4n) is 8.85. The first-order valence-electron chi connectivity index (χ1n) is 27.1. The molecule has 0 aromatic carbocycles. The monoisotopic (exact) mass is 914 g/mol. The highest BCUT2D eigenvalue weighted by Gasteiger charge is 2.44. The van der Waals surface area contributed by atoms with Crippen molar-refractivity contribution in [3.05, 3.63) is 12.2 Å². The SMILES string of the molecule is CCCCCCCC/C=C\CCCCCCCCC(O)C(=O)NC(COC1OC(CO)C(O)C(O)C1O)C(O)C(O)CCCCCCCCCCCCCCCCCCCCCCC. The zero-order chi connectivity index (χ0) is 46.9. The average molecular weight is 914 g/mol. The number of aliphatic hydroxyl groups is 7. The Kier molecular flexibility index (Phi) is 41.0. The van der Waals surface area contributed by atoms with Crippen molar-refractivity contribution in [2.45, 2.75) is 306 Å². The van der Waals surface area contributed by atoms with Crippen LogP contribution < -0.4 is 5.32 Å². The summed E-state index contributed by atoms with van der Waals surface area (Å²) in [5, 5.41) is 76.0. The molecule has 380 valence electrons. The molecule has 1 fully saturated rings. The lowest BCUT2D eigenvalue weighted by Gasteiger charge is -2.40. The minimum absolute atomic E-state index is 0.255. The third-order valence-electron chi connectivity index (χ3n) is 13.3. The number of aliphatic hydroxyl groups excluding tert-OH is 7. The molecular weight excluding hydrogens is 811 g/mol. The topological polar surface area (TPSA) is 189 Å². The Morgan fingerprint density at radius 2 is 0.906 bits per heavy atom. The van der Waals surface area contributed by atoms with Gasteiger partial charge in [-0.1, -0.05) is 225 Å². The maximum atomic E-state index is 13.1. The second kappa shape index (κ2) is 43.2. The molecule has 1 aliphatic heterocycles. The van der Waals surface area contributed by atoms with Crippen LogP contribution in [0.1, 0.15) is 251 Å². The van der Waals surface area contributed by atoms with Crippen molar-refractivity contribution in [1.29, 1.82) is 0 Å². The van der Waals surface area contributed by atoms with Crippen LogP contribution in [0.15, 0.2) is 12.2 Å². The molecule has 1 aliphatic rings. The number of carbonyl (C=O) groups excluding carboxylic acids is 1. The van der Waals surface area contributed by atoms with Gasteiger partial charge >= 0.3 is 0 Å². The van der Waals surface area contributed by atoms with E-state index in [4.69, 9.17) is 9.47 Å². The van der Waals surface area contributed by atoms with Crippen molar-refractivity contribution in [3.63, 3.8) is 0 Å². The first-order chi connectivity index (χ1) is 31.2. The Morgan fingerprint density at radius 1 is 0.531 bits per heavy atom. The number of hydrogen-bond acceptors (Lipinski definition) is 10. The van der Waals surface area contributed by atoms with Gasteiger partial charge in [-0.25, -0.2) is 0 Å². The predicted molar refractivity (Wildman–Crippen MR) is 261 cm³/mol. The summed E-state index contributed by atoms with van der Waals surface area (Å²) >= 11 is 0. The van der Waals surface area contributed by atoms with E-state index in [1.54, 1.807) is 0 Å². The number of hydrogen-bond donors (Lipinski definition) is 8. The molecule has 0 radical (unpaired) electrons. The minimum atomic E-state index is -1.66. The number of amides is 1. The zero-order valence-corrected chi connectivity index (χ0v) is 41.3. The van der Waals surface area contributed by atoms with Crippen molar-refractivity contribution in [2.24, 2.45) is 0 Å². The molecule has 9 unspecified atom stereocenters. The van der Waals surface area contributed by atoms with Gasteiger partial charge in [-0.2, -0.15) is 0 Å². The molecule has 9 atom stereocenters. The van der Waals surface area contributed by atoms with Gasteiger partial charge in [0.1, 0.15) is 36.6 Å². The summed E-state index contributed by atoms with van der Waals surface area (Å²) in [7, 11) is 0. The third-order valence-corrected chi connectivity index (χ3v) is 13.3. The molecule has 1 heterocycles. The highest BCUT2D eigenvalue weighted by atomic mass is 16.7. The molecular formula is C53H103NO10. The molecule has 0 spiro atoms. The zero-order valence-electron chi connectivity index (χ0n) is 41.3. The van der Waals surface area contributed by atoms with Crippen molar-refractivity contribution >= 4 is 5.91 Å². The second-order valence-corrected chi connectivity index (χ2v) is 19.3. The average Bonchev–Trinajstić information content (AvgIpc) is 3.29. The molecule has 11 nitrogen and oxygen atoms in total. The fourth-order valence-corrected chi connectivity index (χ4v) is 8.85. The highest BCUT2D eigenvalue weighted by Crippen LogP contribution is 2.23. The van der Waals surface area contributed by atoms with Crippen molar-refractivity contribution < 1.29 is 50.0 Å². The molecule has 1 saturated heterocycles. The van der Waals surface area contributed by atoms with Crippen LogP contribution in [0, 0.1) is 0 Å². The normalized spacial score (nSPS) is 21.0. The first-order valence-corrected chi connectivity index (χ1v) is 27.1. The predicted octanol–water partition coefficient (Wildman–Crippen LogP) is 10.4. The van der Waals surface area contributed by atoms with Gasteiger partial charge < -0.3 is 50.5 Å². The molecule has 0 aromatic heterocycles. The lowest BCUT2D eigenvalue weighted by molar-refractivity contribution is -0.303. The molecule has 1 amide bonds. The summed E-state index contributed by atoms with van der Waals surface area (Å²) in [5.74, 6) is -0.699. The summed E-state index contributed by atoms with van der Waals surface area (Å²) < 4.78 is 11.1. The summed E-state index contributed by atoms with van der Waals surface area (Å²) in [5.41, 5.74) is 0. The van der Waals surface area contributed by atoms with E-state index in [1.807, 2.05) is 0 Å². The number of rotatable bonds is 46. The van der Waals surface area contributed by atoms with E-state index >= 15 is 0 Å². The number of carbonyl (C=O) groups is 1. The van der Waals surface area contributed by atoms with E-state index in [-0.39, 0.29) is 6.42 Å². The van der Waals surface area contributed by atoms with E-state index < -0.39 is 74.2 Å². The second-order valence-electron chi connectivity index (χ2n) is 19.3. The summed E-state index contributed by atoms with van der Waals surface area (Å²) in [4.78, 5) is 13.1. The van der Waals surface area contributed by atoms with E-state index in [2.05, 4.69) is 31.3 Å². The summed E-state index contributed by atoms with van der Waals surface area (Å²) in [6, 6.07) is -1.17. The van der Waals surface area contributed by atoms with Gasteiger partial charge in [-0.05, 0) is 38.5 Å². The molecule has 64 heavy (non-hydrogen) atoms. The van der Waals surface area contributed by atoms with Gasteiger partial charge in [-0.3, -0.25) is 4.79 Å². The van der Waals surface area contributed by atoms with E-state index in [0.29, 0.717) is 19.3 Å². The van der Waals surface area contributed by atoms with Gasteiger partial charge in [0, 0.05) is 0 Å². The molecule has 0 saturated carbocycles. The number of allylic oxidation sites excluding steroid dienone is 2. The van der Waals surface area contributed by atoms with E-state index in [1.165, 1.54) is 161 Å². The van der Waals surface area contributed by atoms with E-state index in [9.17, 15) is 40.5 Å². The van der Waals surface area contributed by atoms with Crippen LogP contribution in [0.3, 0.4) is 0 Å². The van der Waals surface area contributed by atoms with Gasteiger partial charge in [0.15, 0.2) is 6.29 Å². The van der Waals surface area contributed by atoms with Crippen LogP contribution in [-0.4, -0.2) is 110 Å². The van der Waals surface area contributed by atoms with Crippen molar-refractivity contribution in [2.75, 3.05) is 13.2 Å². The molecule has 8 N–H and O–H groups in total. The Bertz CT molecular complexity index is 1050. The van der Waals surface area contributed by atoms with Crippen molar-refractivity contribution in [1.82, 2.24) is 5.32 Å². The maximum Gasteiger partial charge on any atom is 0.249 e. The molecule has 0 aromatic rings. The van der Waals surface area contributed by atoms with Gasteiger partial charge in [0.2, 0.25) is 5.91 Å². The lowest BCUT2D eigenvalue weighted by atomic mass is 9.98. The third kappa shape index (κ3) is 31.8. The van der Waals surface area contributed by atoms with Crippen molar-refractivity contribution in [3.8, 4) is 0 Å². The van der Waals surface area contributed by atoms with Crippen LogP contribution in [0.2, 0.25) is 0 Å². The summed E-state index contributed by atoms with van der Waals surface area (Å²) in [6.45, 7) is 3.47. The number of unbranched alkanes of at least 4 members (excludes halogenated alkanes) is 32. The van der Waals surface area contributed by atoms with E-state index in [0.717, 1.165) is 51.4 Å². The number of ether oxygens (including phenoxy) is 2.